The van der Waals surface area contributed by atoms with Crippen LogP contribution in [-0.4, -0.2) is 5.91 Å². The summed E-state index contributed by atoms with van der Waals surface area (Å²) >= 11 is 8.77. The van der Waals surface area contributed by atoms with Gasteiger partial charge in [-0.3, -0.25) is 4.79 Å². The minimum Gasteiger partial charge on any atom is -0.321 e. The predicted molar refractivity (Wildman–Crippen MR) is 78.5 cm³/mol. The maximum absolute atomic E-state index is 12.9. The highest BCUT2D eigenvalue weighted by atomic mass is 79.9. The molecule has 0 heterocycles. The molecule has 0 unspecified atom stereocenters. The monoisotopic (exact) mass is 377 g/mol. The number of nitrogens with one attached hydrogen (secondary N) is 1. The highest BCUT2D eigenvalue weighted by Crippen LogP contribution is 2.36. The van der Waals surface area contributed by atoms with E-state index in [1.165, 1.54) is 18.2 Å². The molecule has 21 heavy (non-hydrogen) atoms. The maximum Gasteiger partial charge on any atom is 0.418 e. The van der Waals surface area contributed by atoms with Crippen molar-refractivity contribution in [2.24, 2.45) is 0 Å². The molecule has 2 rings (SSSR count). The van der Waals surface area contributed by atoms with Crippen molar-refractivity contribution >= 4 is 39.1 Å². The van der Waals surface area contributed by atoms with Gasteiger partial charge in [0.1, 0.15) is 0 Å². The molecule has 0 aliphatic rings. The highest BCUT2D eigenvalue weighted by Gasteiger charge is 2.34. The average Bonchev–Trinajstić information content (AvgIpc) is 2.39. The van der Waals surface area contributed by atoms with Gasteiger partial charge >= 0.3 is 6.18 Å². The summed E-state index contributed by atoms with van der Waals surface area (Å²) in [5.41, 5.74) is -1.08. The molecule has 2 aromatic rings. The van der Waals surface area contributed by atoms with Gasteiger partial charge in [-0.25, -0.2) is 0 Å². The van der Waals surface area contributed by atoms with E-state index < -0.39 is 17.6 Å². The Balaban J connectivity index is 2.34. The van der Waals surface area contributed by atoms with Gasteiger partial charge in [0.15, 0.2) is 0 Å². The number of hydrogen-bond donors (Lipinski definition) is 1. The molecule has 0 fully saturated rings. The SMILES string of the molecule is O=C(Nc1ccc(Cl)cc1C(F)(F)F)c1cccc(Br)c1. The van der Waals surface area contributed by atoms with E-state index in [2.05, 4.69) is 21.2 Å². The van der Waals surface area contributed by atoms with Gasteiger partial charge < -0.3 is 5.32 Å². The van der Waals surface area contributed by atoms with E-state index >= 15 is 0 Å². The molecule has 0 spiro atoms. The third-order valence-electron chi connectivity index (χ3n) is 2.62. The van der Waals surface area contributed by atoms with Crippen LogP contribution in [0.25, 0.3) is 0 Å². The average molecular weight is 379 g/mol. The lowest BCUT2D eigenvalue weighted by Gasteiger charge is -2.14. The van der Waals surface area contributed by atoms with Crippen molar-refractivity contribution in [2.45, 2.75) is 6.18 Å². The molecule has 0 aromatic heterocycles. The summed E-state index contributed by atoms with van der Waals surface area (Å²) in [7, 11) is 0. The molecule has 0 bridgehead atoms. The van der Waals surface area contributed by atoms with Crippen molar-refractivity contribution in [2.75, 3.05) is 5.32 Å². The number of rotatable bonds is 2. The number of carbonyl (C=O) groups is 1. The van der Waals surface area contributed by atoms with Crippen LogP contribution in [0, 0.1) is 0 Å². The lowest BCUT2D eigenvalue weighted by Crippen LogP contribution is -2.16. The molecule has 7 heteroatoms. The second kappa shape index (κ2) is 6.07. The summed E-state index contributed by atoms with van der Waals surface area (Å²) in [4.78, 5) is 12.0. The molecule has 0 atom stereocenters. The van der Waals surface area contributed by atoms with E-state index in [1.54, 1.807) is 12.1 Å². The van der Waals surface area contributed by atoms with Crippen LogP contribution in [-0.2, 0) is 6.18 Å². The Morgan fingerprint density at radius 1 is 1.14 bits per heavy atom. The zero-order valence-electron chi connectivity index (χ0n) is 10.3. The number of benzene rings is 2. The molecule has 1 amide bonds. The van der Waals surface area contributed by atoms with Crippen molar-refractivity contribution in [1.82, 2.24) is 0 Å². The zero-order valence-corrected chi connectivity index (χ0v) is 12.7. The minimum absolute atomic E-state index is 0.0530. The number of carbonyl (C=O) groups excluding carboxylic acids is 1. The van der Waals surface area contributed by atoms with Gasteiger partial charge in [0, 0.05) is 15.1 Å². The molecule has 0 radical (unpaired) electrons. The molecule has 0 aliphatic carbocycles. The predicted octanol–water partition coefficient (Wildman–Crippen LogP) is 5.37. The second-order valence-corrected chi connectivity index (χ2v) is 5.50. The van der Waals surface area contributed by atoms with Gasteiger partial charge in [0.2, 0.25) is 0 Å². The first-order valence-electron chi connectivity index (χ1n) is 5.71. The molecule has 0 saturated carbocycles. The lowest BCUT2D eigenvalue weighted by atomic mass is 10.1. The topological polar surface area (TPSA) is 29.1 Å². The Bertz CT molecular complexity index is 688. The van der Waals surface area contributed by atoms with Gasteiger partial charge in [0.25, 0.3) is 5.91 Å². The first-order valence-corrected chi connectivity index (χ1v) is 6.88. The zero-order chi connectivity index (χ0) is 15.6. The molecule has 0 aliphatic heterocycles. The Morgan fingerprint density at radius 3 is 2.48 bits per heavy atom. The van der Waals surface area contributed by atoms with Crippen LogP contribution in [0.4, 0.5) is 18.9 Å². The van der Waals surface area contributed by atoms with Crippen molar-refractivity contribution in [3.05, 3.63) is 63.1 Å². The van der Waals surface area contributed by atoms with E-state index in [1.807, 2.05) is 0 Å². The first-order chi connectivity index (χ1) is 9.77. The van der Waals surface area contributed by atoms with E-state index in [4.69, 9.17) is 11.6 Å². The quantitative estimate of drug-likeness (QED) is 0.747. The van der Waals surface area contributed by atoms with E-state index in [0.717, 1.165) is 12.1 Å². The van der Waals surface area contributed by atoms with Crippen molar-refractivity contribution in [3.8, 4) is 0 Å². The normalized spacial score (nSPS) is 11.3. The van der Waals surface area contributed by atoms with Gasteiger partial charge in [-0.1, -0.05) is 33.6 Å². The van der Waals surface area contributed by atoms with Crippen LogP contribution in [0.15, 0.2) is 46.9 Å². The highest BCUT2D eigenvalue weighted by molar-refractivity contribution is 9.10. The molecule has 2 nitrogen and oxygen atoms in total. The Labute approximate surface area is 132 Å². The van der Waals surface area contributed by atoms with Crippen molar-refractivity contribution in [1.29, 1.82) is 0 Å². The van der Waals surface area contributed by atoms with Gasteiger partial charge in [-0.2, -0.15) is 13.2 Å². The third kappa shape index (κ3) is 3.98. The summed E-state index contributed by atoms with van der Waals surface area (Å²) in [6.45, 7) is 0. The Kier molecular flexibility index (Phi) is 4.58. The van der Waals surface area contributed by atoms with Crippen LogP contribution in [0.1, 0.15) is 15.9 Å². The van der Waals surface area contributed by atoms with E-state index in [0.29, 0.717) is 4.47 Å². The number of hydrogen-bond acceptors (Lipinski definition) is 1. The largest absolute Gasteiger partial charge is 0.418 e. The molecule has 1 N–H and O–H groups in total. The summed E-state index contributed by atoms with van der Waals surface area (Å²) in [5, 5.41) is 2.20. The fourth-order valence-electron chi connectivity index (χ4n) is 1.68. The van der Waals surface area contributed by atoms with Crippen LogP contribution in [0.3, 0.4) is 0 Å². The summed E-state index contributed by atoms with van der Waals surface area (Å²) in [6.07, 6.45) is -4.61. The molecule has 0 saturated heterocycles. The van der Waals surface area contributed by atoms with Crippen molar-refractivity contribution < 1.29 is 18.0 Å². The number of anilines is 1. The Morgan fingerprint density at radius 2 is 1.86 bits per heavy atom. The van der Waals surface area contributed by atoms with Gasteiger partial charge in [0.05, 0.1) is 11.3 Å². The standard InChI is InChI=1S/C14H8BrClF3NO/c15-9-3-1-2-8(6-9)13(21)20-12-5-4-10(16)7-11(12)14(17,18)19/h1-7H,(H,20,21). The van der Waals surface area contributed by atoms with Crippen LogP contribution in [0.5, 0.6) is 0 Å². The third-order valence-corrected chi connectivity index (χ3v) is 3.35. The van der Waals surface area contributed by atoms with E-state index in [-0.39, 0.29) is 16.3 Å². The van der Waals surface area contributed by atoms with E-state index in [9.17, 15) is 18.0 Å². The lowest BCUT2D eigenvalue weighted by molar-refractivity contribution is -0.136. The van der Waals surface area contributed by atoms with Crippen LogP contribution >= 0.6 is 27.5 Å². The molecular weight excluding hydrogens is 371 g/mol. The number of amides is 1. The summed E-state index contributed by atoms with van der Waals surface area (Å²) in [5.74, 6) is -0.635. The summed E-state index contributed by atoms with van der Waals surface area (Å²) in [6, 6.07) is 9.53. The number of alkyl halides is 3. The second-order valence-electron chi connectivity index (χ2n) is 4.15. The van der Waals surface area contributed by atoms with Crippen molar-refractivity contribution in [3.63, 3.8) is 0 Å². The molecule has 2 aromatic carbocycles. The smallest absolute Gasteiger partial charge is 0.321 e. The van der Waals surface area contributed by atoms with Gasteiger partial charge in [-0.05, 0) is 36.4 Å². The van der Waals surface area contributed by atoms with Crippen LogP contribution < -0.4 is 5.32 Å². The summed E-state index contributed by atoms with van der Waals surface area (Å²) < 4.78 is 39.4. The Hall–Kier alpha value is -1.53. The fourth-order valence-corrected chi connectivity index (χ4v) is 2.26. The first kappa shape index (κ1) is 15.9. The maximum atomic E-state index is 12.9. The number of halogens is 5. The van der Waals surface area contributed by atoms with Crippen LogP contribution in [0.2, 0.25) is 5.02 Å². The molecular formula is C14H8BrClF3NO. The van der Waals surface area contributed by atoms with Gasteiger partial charge in [-0.15, -0.1) is 0 Å². The minimum atomic E-state index is -4.61. The molecule has 110 valence electrons. The fraction of sp³-hybridized carbons (Fsp3) is 0.0714.